The van der Waals surface area contributed by atoms with Gasteiger partial charge in [0.2, 0.25) is 0 Å². The Morgan fingerprint density at radius 2 is 2.00 bits per heavy atom. The molecule has 7 nitrogen and oxygen atoms in total. The summed E-state index contributed by atoms with van der Waals surface area (Å²) < 4.78 is 5.20. The Hall–Kier alpha value is -2.44. The van der Waals surface area contributed by atoms with Crippen LogP contribution in [-0.2, 0) is 4.74 Å². The van der Waals surface area contributed by atoms with Crippen molar-refractivity contribution in [1.29, 1.82) is 0 Å². The lowest BCUT2D eigenvalue weighted by molar-refractivity contribution is 0.0506. The van der Waals surface area contributed by atoms with Crippen molar-refractivity contribution in [2.24, 2.45) is 0 Å². The number of carbonyl (C=O) groups excluding carboxylic acids is 1. The first kappa shape index (κ1) is 15.0. The zero-order chi connectivity index (χ0) is 15.5. The molecule has 0 saturated carbocycles. The summed E-state index contributed by atoms with van der Waals surface area (Å²) in [5.74, 6) is 1.12. The molecule has 0 fully saturated rings. The van der Waals surface area contributed by atoms with E-state index in [9.17, 15) is 4.79 Å². The second-order valence-corrected chi connectivity index (χ2v) is 5.65. The summed E-state index contributed by atoms with van der Waals surface area (Å²) >= 11 is 0. The maximum Gasteiger partial charge on any atom is 0.408 e. The molecule has 112 valence electrons. The molecule has 0 aromatic carbocycles. The predicted molar refractivity (Wildman–Crippen MR) is 77.4 cm³/mol. The quantitative estimate of drug-likeness (QED) is 0.905. The van der Waals surface area contributed by atoms with Gasteiger partial charge in [0.25, 0.3) is 0 Å². The van der Waals surface area contributed by atoms with Crippen LogP contribution in [-0.4, -0.2) is 31.9 Å². The van der Waals surface area contributed by atoms with Gasteiger partial charge < -0.3 is 10.1 Å². The lowest BCUT2D eigenvalue weighted by Crippen LogP contribution is -2.34. The normalized spacial score (nSPS) is 12.8. The number of H-pyrrole nitrogens is 1. The van der Waals surface area contributed by atoms with E-state index in [4.69, 9.17) is 4.74 Å². The highest BCUT2D eigenvalue weighted by Gasteiger charge is 2.20. The second kappa shape index (κ2) is 5.90. The van der Waals surface area contributed by atoms with Crippen molar-refractivity contribution in [3.05, 3.63) is 30.4 Å². The number of alkyl carbamates (subject to hydrolysis) is 1. The van der Waals surface area contributed by atoms with Crippen LogP contribution >= 0.6 is 0 Å². The molecule has 2 aromatic heterocycles. The highest BCUT2D eigenvalue weighted by atomic mass is 16.6. The number of nitrogens with one attached hydrogen (secondary N) is 2. The molecule has 0 unspecified atom stereocenters. The molecule has 2 aromatic rings. The molecule has 7 heteroatoms. The molecular formula is C14H19N5O2. The van der Waals surface area contributed by atoms with Gasteiger partial charge in [0.1, 0.15) is 11.4 Å². The maximum absolute atomic E-state index is 11.7. The molecule has 2 N–H and O–H groups in total. The molecule has 0 saturated heterocycles. The average Bonchev–Trinajstić information content (AvgIpc) is 2.87. The molecule has 2 rings (SSSR count). The highest BCUT2D eigenvalue weighted by Crippen LogP contribution is 2.16. The van der Waals surface area contributed by atoms with Crippen LogP contribution in [0, 0.1) is 0 Å². The van der Waals surface area contributed by atoms with Crippen LogP contribution in [0.3, 0.4) is 0 Å². The van der Waals surface area contributed by atoms with Gasteiger partial charge in [-0.15, -0.1) is 0 Å². The smallest absolute Gasteiger partial charge is 0.408 e. The SMILES string of the molecule is C[C@@H](NC(=O)OC(C)(C)C)c1nc(-c2ccncc2)n[nH]1. The molecule has 0 aliphatic carbocycles. The lowest BCUT2D eigenvalue weighted by Gasteiger charge is -2.21. The molecule has 2 heterocycles. The van der Waals surface area contributed by atoms with Crippen molar-refractivity contribution in [3.63, 3.8) is 0 Å². The van der Waals surface area contributed by atoms with Crippen molar-refractivity contribution in [2.45, 2.75) is 39.3 Å². The minimum atomic E-state index is -0.534. The third-order valence-corrected chi connectivity index (χ3v) is 2.58. The van der Waals surface area contributed by atoms with Crippen molar-refractivity contribution in [2.75, 3.05) is 0 Å². The Morgan fingerprint density at radius 1 is 1.33 bits per heavy atom. The molecular weight excluding hydrogens is 270 g/mol. The highest BCUT2D eigenvalue weighted by molar-refractivity contribution is 5.68. The second-order valence-electron chi connectivity index (χ2n) is 5.65. The van der Waals surface area contributed by atoms with Gasteiger partial charge in [-0.3, -0.25) is 10.1 Å². The molecule has 0 aliphatic heterocycles. The van der Waals surface area contributed by atoms with Crippen LogP contribution in [0.4, 0.5) is 4.79 Å². The van der Waals surface area contributed by atoms with E-state index in [-0.39, 0.29) is 6.04 Å². The van der Waals surface area contributed by atoms with Crippen molar-refractivity contribution in [3.8, 4) is 11.4 Å². The fourth-order valence-electron chi connectivity index (χ4n) is 1.65. The number of hydrogen-bond acceptors (Lipinski definition) is 5. The topological polar surface area (TPSA) is 92.8 Å². The van der Waals surface area contributed by atoms with Crippen molar-refractivity contribution < 1.29 is 9.53 Å². The van der Waals surface area contributed by atoms with Gasteiger partial charge in [-0.1, -0.05) is 0 Å². The zero-order valence-electron chi connectivity index (χ0n) is 12.5. The molecule has 21 heavy (non-hydrogen) atoms. The molecule has 0 radical (unpaired) electrons. The number of amides is 1. The van der Waals surface area contributed by atoms with E-state index in [1.165, 1.54) is 0 Å². The molecule has 0 bridgehead atoms. The number of pyridine rings is 1. The van der Waals surface area contributed by atoms with Gasteiger partial charge in [-0.05, 0) is 39.8 Å². The lowest BCUT2D eigenvalue weighted by atomic mass is 10.2. The number of aromatic nitrogens is 4. The Balaban J connectivity index is 2.03. The zero-order valence-corrected chi connectivity index (χ0v) is 12.5. The summed E-state index contributed by atoms with van der Waals surface area (Å²) in [6, 6.07) is 3.31. The van der Waals surface area contributed by atoms with Crippen LogP contribution in [0.1, 0.15) is 39.6 Å². The van der Waals surface area contributed by atoms with Gasteiger partial charge in [-0.2, -0.15) is 5.10 Å². The van der Waals surface area contributed by atoms with Crippen LogP contribution in [0.5, 0.6) is 0 Å². The van der Waals surface area contributed by atoms with Crippen LogP contribution in [0.15, 0.2) is 24.5 Å². The van der Waals surface area contributed by atoms with E-state index >= 15 is 0 Å². The Kier molecular flexibility index (Phi) is 4.21. The predicted octanol–water partition coefficient (Wildman–Crippen LogP) is 2.45. The third-order valence-electron chi connectivity index (χ3n) is 2.58. The van der Waals surface area contributed by atoms with E-state index < -0.39 is 11.7 Å². The van der Waals surface area contributed by atoms with Gasteiger partial charge >= 0.3 is 6.09 Å². The number of hydrogen-bond donors (Lipinski definition) is 2. The van der Waals surface area contributed by atoms with Gasteiger partial charge in [0.05, 0.1) is 6.04 Å². The summed E-state index contributed by atoms with van der Waals surface area (Å²) in [7, 11) is 0. The van der Waals surface area contributed by atoms with Gasteiger partial charge in [-0.25, -0.2) is 9.78 Å². The summed E-state index contributed by atoms with van der Waals surface area (Å²) in [5, 5.41) is 9.66. The Labute approximate surface area is 123 Å². The van der Waals surface area contributed by atoms with Crippen LogP contribution in [0.25, 0.3) is 11.4 Å². The van der Waals surface area contributed by atoms with E-state index in [1.54, 1.807) is 19.3 Å². The van der Waals surface area contributed by atoms with E-state index in [0.29, 0.717) is 11.6 Å². The first-order valence-corrected chi connectivity index (χ1v) is 6.67. The summed E-state index contributed by atoms with van der Waals surface area (Å²) in [5.41, 5.74) is 0.324. The van der Waals surface area contributed by atoms with Crippen LogP contribution < -0.4 is 5.32 Å². The number of nitrogens with zero attached hydrogens (tertiary/aromatic N) is 3. The first-order valence-electron chi connectivity index (χ1n) is 6.67. The molecule has 0 spiro atoms. The summed E-state index contributed by atoms with van der Waals surface area (Å²) in [6.07, 6.45) is 2.86. The molecule has 1 amide bonds. The molecule has 0 aliphatic rings. The van der Waals surface area contributed by atoms with E-state index in [2.05, 4.69) is 25.5 Å². The largest absolute Gasteiger partial charge is 0.444 e. The van der Waals surface area contributed by atoms with E-state index in [0.717, 1.165) is 5.56 Å². The van der Waals surface area contributed by atoms with Crippen molar-refractivity contribution in [1.82, 2.24) is 25.5 Å². The van der Waals surface area contributed by atoms with Gasteiger partial charge in [0.15, 0.2) is 5.82 Å². The Bertz CT molecular complexity index is 603. The number of ether oxygens (including phenoxy) is 1. The Morgan fingerprint density at radius 3 is 2.62 bits per heavy atom. The van der Waals surface area contributed by atoms with Crippen molar-refractivity contribution >= 4 is 6.09 Å². The monoisotopic (exact) mass is 289 g/mol. The maximum atomic E-state index is 11.7. The fraction of sp³-hybridized carbons (Fsp3) is 0.429. The summed E-state index contributed by atoms with van der Waals surface area (Å²) in [6.45, 7) is 7.24. The average molecular weight is 289 g/mol. The number of rotatable bonds is 3. The van der Waals surface area contributed by atoms with Gasteiger partial charge in [0, 0.05) is 18.0 Å². The fourth-order valence-corrected chi connectivity index (χ4v) is 1.65. The van der Waals surface area contributed by atoms with E-state index in [1.807, 2.05) is 32.9 Å². The summed E-state index contributed by atoms with van der Waals surface area (Å²) in [4.78, 5) is 20.0. The number of carbonyl (C=O) groups is 1. The third kappa shape index (κ3) is 4.27. The van der Waals surface area contributed by atoms with Crippen LogP contribution in [0.2, 0.25) is 0 Å². The minimum absolute atomic E-state index is 0.331. The first-order chi connectivity index (χ1) is 9.85. The minimum Gasteiger partial charge on any atom is -0.444 e. The standard InChI is InChI=1S/C14H19N5O2/c1-9(16-13(20)21-14(2,3)4)11-17-12(19-18-11)10-5-7-15-8-6-10/h5-9H,1-4H3,(H,16,20)(H,17,18,19)/t9-/m1/s1. The molecule has 1 atom stereocenters. The number of aromatic amines is 1.